The Labute approximate surface area is 111 Å². The molecule has 19 heavy (non-hydrogen) atoms. The Hall–Kier alpha value is -2.37. The summed E-state index contributed by atoms with van der Waals surface area (Å²) >= 11 is 0. The van der Waals surface area contributed by atoms with Crippen molar-refractivity contribution >= 4 is 11.4 Å². The van der Waals surface area contributed by atoms with Crippen molar-refractivity contribution in [1.29, 1.82) is 0 Å². The van der Waals surface area contributed by atoms with Crippen LogP contribution in [0.1, 0.15) is 22.5 Å². The molecule has 0 fully saturated rings. The van der Waals surface area contributed by atoms with E-state index in [4.69, 9.17) is 5.73 Å². The SMILES string of the molecule is Cc1nn(Cc2ccc([N+](=O)[O-])c(N)c2)c(C)c1C. The third-order valence-corrected chi connectivity index (χ3v) is 3.36. The summed E-state index contributed by atoms with van der Waals surface area (Å²) in [4.78, 5) is 10.2. The molecule has 100 valence electrons. The van der Waals surface area contributed by atoms with Crippen molar-refractivity contribution in [2.24, 2.45) is 0 Å². The average Bonchev–Trinajstić information content (AvgIpc) is 2.57. The van der Waals surface area contributed by atoms with Crippen molar-refractivity contribution in [1.82, 2.24) is 9.78 Å². The van der Waals surface area contributed by atoms with Gasteiger partial charge in [0.05, 0.1) is 17.2 Å². The lowest BCUT2D eigenvalue weighted by molar-refractivity contribution is -0.383. The predicted molar refractivity (Wildman–Crippen MR) is 73.0 cm³/mol. The van der Waals surface area contributed by atoms with Crippen LogP contribution >= 0.6 is 0 Å². The first kappa shape index (κ1) is 13.1. The van der Waals surface area contributed by atoms with Crippen LogP contribution in [0.5, 0.6) is 0 Å². The number of aromatic nitrogens is 2. The normalized spacial score (nSPS) is 10.7. The highest BCUT2D eigenvalue weighted by Crippen LogP contribution is 2.23. The lowest BCUT2D eigenvalue weighted by Crippen LogP contribution is -2.05. The van der Waals surface area contributed by atoms with Crippen molar-refractivity contribution in [2.45, 2.75) is 27.3 Å². The fraction of sp³-hybridized carbons (Fsp3) is 0.308. The molecular formula is C13H16N4O2. The summed E-state index contributed by atoms with van der Waals surface area (Å²) in [5.74, 6) is 0. The monoisotopic (exact) mass is 260 g/mol. The van der Waals surface area contributed by atoms with Gasteiger partial charge in [0, 0.05) is 11.8 Å². The third-order valence-electron chi connectivity index (χ3n) is 3.36. The fourth-order valence-corrected chi connectivity index (χ4v) is 1.98. The maximum atomic E-state index is 10.7. The number of hydrogen-bond acceptors (Lipinski definition) is 4. The van der Waals surface area contributed by atoms with Gasteiger partial charge >= 0.3 is 0 Å². The molecule has 0 aliphatic heterocycles. The minimum Gasteiger partial charge on any atom is -0.393 e. The smallest absolute Gasteiger partial charge is 0.292 e. The highest BCUT2D eigenvalue weighted by atomic mass is 16.6. The molecule has 1 heterocycles. The number of aryl methyl sites for hydroxylation is 1. The van der Waals surface area contributed by atoms with E-state index in [9.17, 15) is 10.1 Å². The fourth-order valence-electron chi connectivity index (χ4n) is 1.98. The predicted octanol–water partition coefficient (Wildman–Crippen LogP) is 2.35. The van der Waals surface area contributed by atoms with Crippen molar-refractivity contribution in [3.05, 3.63) is 50.8 Å². The molecule has 0 saturated heterocycles. The van der Waals surface area contributed by atoms with E-state index < -0.39 is 4.92 Å². The minimum atomic E-state index is -0.480. The van der Waals surface area contributed by atoms with Crippen LogP contribution in [-0.2, 0) is 6.54 Å². The molecule has 0 radical (unpaired) electrons. The van der Waals surface area contributed by atoms with Gasteiger partial charge in [-0.15, -0.1) is 0 Å². The van der Waals surface area contributed by atoms with Gasteiger partial charge in [0.1, 0.15) is 5.69 Å². The van der Waals surface area contributed by atoms with Gasteiger partial charge in [-0.05, 0) is 38.0 Å². The van der Waals surface area contributed by atoms with Crippen LogP contribution in [0.3, 0.4) is 0 Å². The lowest BCUT2D eigenvalue weighted by atomic mass is 10.1. The summed E-state index contributed by atoms with van der Waals surface area (Å²) in [7, 11) is 0. The quantitative estimate of drug-likeness (QED) is 0.521. The first-order chi connectivity index (χ1) is 8.90. The highest BCUT2D eigenvalue weighted by molar-refractivity contribution is 5.59. The Kier molecular flexibility index (Phi) is 3.25. The first-order valence-corrected chi connectivity index (χ1v) is 5.93. The van der Waals surface area contributed by atoms with Gasteiger partial charge in [0.15, 0.2) is 0 Å². The number of anilines is 1. The summed E-state index contributed by atoms with van der Waals surface area (Å²) in [6.07, 6.45) is 0. The zero-order valence-electron chi connectivity index (χ0n) is 11.2. The van der Waals surface area contributed by atoms with Gasteiger partial charge in [-0.2, -0.15) is 5.10 Å². The van der Waals surface area contributed by atoms with Gasteiger partial charge in [-0.25, -0.2) is 0 Å². The number of nitrogens with two attached hydrogens (primary N) is 1. The Morgan fingerprint density at radius 2 is 2.05 bits per heavy atom. The van der Waals surface area contributed by atoms with E-state index in [1.165, 1.54) is 6.07 Å². The molecule has 2 aromatic rings. The summed E-state index contributed by atoms with van der Waals surface area (Å²) < 4.78 is 1.88. The number of nitro groups is 1. The molecule has 0 aliphatic carbocycles. The number of nitrogen functional groups attached to an aromatic ring is 1. The van der Waals surface area contributed by atoms with Gasteiger partial charge in [0.2, 0.25) is 0 Å². The Morgan fingerprint density at radius 1 is 1.37 bits per heavy atom. The van der Waals surface area contributed by atoms with Crippen LogP contribution in [0.2, 0.25) is 0 Å². The molecule has 2 rings (SSSR count). The molecule has 1 aromatic carbocycles. The van der Waals surface area contributed by atoms with Crippen LogP contribution in [0, 0.1) is 30.9 Å². The number of benzene rings is 1. The van der Waals surface area contributed by atoms with Crippen LogP contribution in [0.25, 0.3) is 0 Å². The molecule has 0 amide bonds. The molecule has 1 aromatic heterocycles. The van der Waals surface area contributed by atoms with Crippen molar-refractivity contribution in [3.8, 4) is 0 Å². The Balaban J connectivity index is 2.31. The summed E-state index contributed by atoms with van der Waals surface area (Å²) in [5, 5.41) is 15.1. The Morgan fingerprint density at radius 3 is 2.53 bits per heavy atom. The minimum absolute atomic E-state index is 0.0618. The Bertz CT molecular complexity index is 646. The molecule has 0 atom stereocenters. The number of hydrogen-bond donors (Lipinski definition) is 1. The van der Waals surface area contributed by atoms with Crippen LogP contribution in [0.15, 0.2) is 18.2 Å². The maximum absolute atomic E-state index is 10.7. The molecule has 6 heteroatoms. The van der Waals surface area contributed by atoms with Crippen LogP contribution in [-0.4, -0.2) is 14.7 Å². The van der Waals surface area contributed by atoms with E-state index in [0.717, 1.165) is 22.5 Å². The number of nitrogens with zero attached hydrogens (tertiary/aromatic N) is 3. The topological polar surface area (TPSA) is 87.0 Å². The molecule has 0 unspecified atom stereocenters. The largest absolute Gasteiger partial charge is 0.393 e. The lowest BCUT2D eigenvalue weighted by Gasteiger charge is -2.06. The van der Waals surface area contributed by atoms with E-state index in [0.29, 0.717) is 6.54 Å². The number of nitro benzene ring substituents is 1. The van der Waals surface area contributed by atoms with E-state index in [1.807, 2.05) is 25.5 Å². The van der Waals surface area contributed by atoms with E-state index in [1.54, 1.807) is 12.1 Å². The van der Waals surface area contributed by atoms with Crippen molar-refractivity contribution in [2.75, 3.05) is 5.73 Å². The van der Waals surface area contributed by atoms with Crippen LogP contribution in [0.4, 0.5) is 11.4 Å². The number of rotatable bonds is 3. The maximum Gasteiger partial charge on any atom is 0.292 e. The molecule has 0 saturated carbocycles. The van der Waals surface area contributed by atoms with E-state index >= 15 is 0 Å². The molecule has 0 aliphatic rings. The summed E-state index contributed by atoms with van der Waals surface area (Å²) in [6.45, 7) is 6.55. The van der Waals surface area contributed by atoms with Gasteiger partial charge in [-0.1, -0.05) is 6.07 Å². The average molecular weight is 260 g/mol. The molecule has 6 nitrogen and oxygen atoms in total. The zero-order chi connectivity index (χ0) is 14.2. The molecule has 2 N–H and O–H groups in total. The van der Waals surface area contributed by atoms with Crippen molar-refractivity contribution < 1.29 is 4.92 Å². The van der Waals surface area contributed by atoms with E-state index in [2.05, 4.69) is 5.10 Å². The van der Waals surface area contributed by atoms with E-state index in [-0.39, 0.29) is 11.4 Å². The third kappa shape index (κ3) is 2.42. The van der Waals surface area contributed by atoms with Crippen LogP contribution < -0.4 is 5.73 Å². The standard InChI is InChI=1S/C13H16N4O2/c1-8-9(2)15-16(10(8)3)7-11-4-5-13(17(18)19)12(14)6-11/h4-6H,7,14H2,1-3H3. The summed E-state index contributed by atoms with van der Waals surface area (Å²) in [6, 6.07) is 4.77. The van der Waals surface area contributed by atoms with Gasteiger partial charge in [0.25, 0.3) is 5.69 Å². The molecule has 0 bridgehead atoms. The molecular weight excluding hydrogens is 244 g/mol. The van der Waals surface area contributed by atoms with Crippen molar-refractivity contribution in [3.63, 3.8) is 0 Å². The second kappa shape index (κ2) is 4.72. The van der Waals surface area contributed by atoms with Gasteiger partial charge < -0.3 is 5.73 Å². The first-order valence-electron chi connectivity index (χ1n) is 5.93. The highest BCUT2D eigenvalue weighted by Gasteiger charge is 2.12. The summed E-state index contributed by atoms with van der Waals surface area (Å²) in [5.41, 5.74) is 9.94. The zero-order valence-corrected chi connectivity index (χ0v) is 11.2. The molecule has 0 spiro atoms. The van der Waals surface area contributed by atoms with Gasteiger partial charge in [-0.3, -0.25) is 14.8 Å². The second-order valence-corrected chi connectivity index (χ2v) is 4.60. The second-order valence-electron chi connectivity index (χ2n) is 4.60.